The van der Waals surface area contributed by atoms with Crippen molar-refractivity contribution in [1.29, 1.82) is 0 Å². The van der Waals surface area contributed by atoms with Gasteiger partial charge in [0.2, 0.25) is 0 Å². The smallest absolute Gasteiger partial charge is 0.175 e. The maximum absolute atomic E-state index is 11.3. The number of hydrogen-bond acceptors (Lipinski definition) is 4. The summed E-state index contributed by atoms with van der Waals surface area (Å²) in [6, 6.07) is 8.82. The molecule has 0 spiro atoms. The Bertz CT molecular complexity index is 642. The van der Waals surface area contributed by atoms with E-state index >= 15 is 0 Å². The normalized spacial score (nSPS) is 11.7. The molecule has 5 heteroatoms. The maximum atomic E-state index is 11.3. The number of nitrogens with one attached hydrogen (secondary N) is 1. The van der Waals surface area contributed by atoms with E-state index in [0.29, 0.717) is 18.0 Å². The summed E-state index contributed by atoms with van der Waals surface area (Å²) in [5, 5.41) is 3.26. The molecule has 19 heavy (non-hydrogen) atoms. The summed E-state index contributed by atoms with van der Waals surface area (Å²) in [4.78, 5) is 0.345. The minimum Gasteiger partial charge on any atom is -0.468 e. The first-order valence-electron chi connectivity index (χ1n) is 5.99. The average molecular weight is 279 g/mol. The Morgan fingerprint density at radius 3 is 2.32 bits per heavy atom. The molecule has 0 amide bonds. The summed E-state index contributed by atoms with van der Waals surface area (Å²) >= 11 is 0. The van der Waals surface area contributed by atoms with Gasteiger partial charge in [0.25, 0.3) is 0 Å². The van der Waals surface area contributed by atoms with Gasteiger partial charge in [0.15, 0.2) is 9.84 Å². The van der Waals surface area contributed by atoms with Crippen LogP contribution in [0.1, 0.15) is 16.9 Å². The Hall–Kier alpha value is -1.59. The van der Waals surface area contributed by atoms with Gasteiger partial charge >= 0.3 is 0 Å². The standard InChI is InChI=1S/C14H17NO3S/c1-11-7-8-18-14(11)10-15-9-12-3-5-13(6-4-12)19(2,16)17/h3-8,15H,9-10H2,1-2H3. The van der Waals surface area contributed by atoms with E-state index in [2.05, 4.69) is 5.32 Å². The van der Waals surface area contributed by atoms with Crippen molar-refractivity contribution < 1.29 is 12.8 Å². The highest BCUT2D eigenvalue weighted by molar-refractivity contribution is 7.90. The Morgan fingerprint density at radius 2 is 1.79 bits per heavy atom. The molecule has 1 aromatic heterocycles. The molecule has 1 N–H and O–H groups in total. The van der Waals surface area contributed by atoms with Crippen molar-refractivity contribution in [2.24, 2.45) is 0 Å². The van der Waals surface area contributed by atoms with Crippen molar-refractivity contribution in [1.82, 2.24) is 5.32 Å². The molecule has 2 rings (SSSR count). The molecule has 4 nitrogen and oxygen atoms in total. The molecule has 0 atom stereocenters. The van der Waals surface area contributed by atoms with Gasteiger partial charge < -0.3 is 9.73 Å². The van der Waals surface area contributed by atoms with E-state index < -0.39 is 9.84 Å². The van der Waals surface area contributed by atoms with Gasteiger partial charge in [0.1, 0.15) is 5.76 Å². The van der Waals surface area contributed by atoms with Crippen LogP contribution in [0.15, 0.2) is 45.9 Å². The van der Waals surface area contributed by atoms with Crippen molar-refractivity contribution in [2.75, 3.05) is 6.26 Å². The van der Waals surface area contributed by atoms with Crippen LogP contribution in [0.4, 0.5) is 0 Å². The molecular weight excluding hydrogens is 262 g/mol. The van der Waals surface area contributed by atoms with Gasteiger partial charge in [-0.05, 0) is 36.2 Å². The minimum absolute atomic E-state index is 0.345. The van der Waals surface area contributed by atoms with Crippen LogP contribution in [0.3, 0.4) is 0 Å². The van der Waals surface area contributed by atoms with E-state index in [1.54, 1.807) is 18.4 Å². The number of furan rings is 1. The van der Waals surface area contributed by atoms with Crippen molar-refractivity contribution in [3.05, 3.63) is 53.5 Å². The summed E-state index contributed by atoms with van der Waals surface area (Å²) in [7, 11) is -3.12. The number of aryl methyl sites for hydroxylation is 1. The molecule has 0 saturated heterocycles. The number of benzene rings is 1. The highest BCUT2D eigenvalue weighted by Crippen LogP contribution is 2.11. The maximum Gasteiger partial charge on any atom is 0.175 e. The average Bonchev–Trinajstić information content (AvgIpc) is 2.75. The highest BCUT2D eigenvalue weighted by atomic mass is 32.2. The number of hydrogen-bond donors (Lipinski definition) is 1. The molecule has 102 valence electrons. The molecule has 0 saturated carbocycles. The molecule has 0 fully saturated rings. The van der Waals surface area contributed by atoms with Crippen LogP contribution in [-0.2, 0) is 22.9 Å². The van der Waals surface area contributed by atoms with E-state index in [1.165, 1.54) is 6.26 Å². The third-order valence-electron chi connectivity index (χ3n) is 2.93. The molecule has 1 heterocycles. The SMILES string of the molecule is Cc1ccoc1CNCc1ccc(S(C)(=O)=O)cc1. The highest BCUT2D eigenvalue weighted by Gasteiger charge is 2.06. The molecule has 2 aromatic rings. The first-order chi connectivity index (χ1) is 8.97. The van der Waals surface area contributed by atoms with E-state index in [4.69, 9.17) is 4.42 Å². The quantitative estimate of drug-likeness (QED) is 0.912. The van der Waals surface area contributed by atoms with Crippen LogP contribution in [0.25, 0.3) is 0 Å². The second-order valence-corrected chi connectivity index (χ2v) is 6.56. The lowest BCUT2D eigenvalue weighted by atomic mass is 10.2. The Labute approximate surface area is 113 Å². The Balaban J connectivity index is 1.92. The van der Waals surface area contributed by atoms with Crippen molar-refractivity contribution in [2.45, 2.75) is 24.9 Å². The van der Waals surface area contributed by atoms with Gasteiger partial charge in [-0.1, -0.05) is 12.1 Å². The van der Waals surface area contributed by atoms with E-state index in [1.807, 2.05) is 25.1 Å². The Kier molecular flexibility index (Phi) is 4.07. The van der Waals surface area contributed by atoms with Gasteiger partial charge in [-0.25, -0.2) is 8.42 Å². The molecular formula is C14H17NO3S. The fraction of sp³-hybridized carbons (Fsp3) is 0.286. The number of sulfone groups is 1. The summed E-state index contributed by atoms with van der Waals surface area (Å²) in [5.74, 6) is 0.924. The Morgan fingerprint density at radius 1 is 1.11 bits per heavy atom. The van der Waals surface area contributed by atoms with Gasteiger partial charge in [-0.15, -0.1) is 0 Å². The monoisotopic (exact) mass is 279 g/mol. The zero-order chi connectivity index (χ0) is 13.9. The zero-order valence-corrected chi connectivity index (χ0v) is 11.8. The third-order valence-corrected chi connectivity index (χ3v) is 4.06. The summed E-state index contributed by atoms with van der Waals surface area (Å²) in [5.41, 5.74) is 2.16. The van der Waals surface area contributed by atoms with Crippen LogP contribution in [0.2, 0.25) is 0 Å². The lowest BCUT2D eigenvalue weighted by molar-refractivity contribution is 0.480. The zero-order valence-electron chi connectivity index (χ0n) is 11.0. The van der Waals surface area contributed by atoms with Crippen LogP contribution >= 0.6 is 0 Å². The molecule has 0 aliphatic heterocycles. The lowest BCUT2D eigenvalue weighted by Crippen LogP contribution is -2.12. The van der Waals surface area contributed by atoms with Crippen molar-refractivity contribution >= 4 is 9.84 Å². The second kappa shape index (κ2) is 5.59. The molecule has 0 radical (unpaired) electrons. The lowest BCUT2D eigenvalue weighted by Gasteiger charge is -2.05. The minimum atomic E-state index is -3.12. The second-order valence-electron chi connectivity index (χ2n) is 4.55. The first kappa shape index (κ1) is 13.8. The fourth-order valence-electron chi connectivity index (χ4n) is 1.76. The van der Waals surface area contributed by atoms with Crippen molar-refractivity contribution in [3.8, 4) is 0 Å². The summed E-state index contributed by atoms with van der Waals surface area (Å²) in [6.07, 6.45) is 2.88. The fourth-order valence-corrected chi connectivity index (χ4v) is 2.39. The molecule has 0 bridgehead atoms. The molecule has 0 aliphatic carbocycles. The topological polar surface area (TPSA) is 59.3 Å². The summed E-state index contributed by atoms with van der Waals surface area (Å²) < 4.78 is 28.0. The van der Waals surface area contributed by atoms with E-state index in [0.717, 1.165) is 16.9 Å². The van der Waals surface area contributed by atoms with E-state index in [-0.39, 0.29) is 0 Å². The van der Waals surface area contributed by atoms with Gasteiger partial charge in [0, 0.05) is 12.8 Å². The largest absolute Gasteiger partial charge is 0.468 e. The van der Waals surface area contributed by atoms with Crippen LogP contribution in [0.5, 0.6) is 0 Å². The number of rotatable bonds is 5. The predicted molar refractivity (Wildman–Crippen MR) is 73.5 cm³/mol. The van der Waals surface area contributed by atoms with Crippen LogP contribution < -0.4 is 5.32 Å². The van der Waals surface area contributed by atoms with Crippen LogP contribution in [0, 0.1) is 6.92 Å². The summed E-state index contributed by atoms with van der Waals surface area (Å²) in [6.45, 7) is 3.33. The van der Waals surface area contributed by atoms with Gasteiger partial charge in [0.05, 0.1) is 17.7 Å². The first-order valence-corrected chi connectivity index (χ1v) is 7.88. The molecule has 0 aliphatic rings. The molecule has 1 aromatic carbocycles. The third kappa shape index (κ3) is 3.68. The van der Waals surface area contributed by atoms with Crippen molar-refractivity contribution in [3.63, 3.8) is 0 Å². The van der Waals surface area contributed by atoms with Crippen LogP contribution in [-0.4, -0.2) is 14.7 Å². The van der Waals surface area contributed by atoms with Gasteiger partial charge in [-0.2, -0.15) is 0 Å². The van der Waals surface area contributed by atoms with E-state index in [9.17, 15) is 8.42 Å². The van der Waals surface area contributed by atoms with Gasteiger partial charge in [-0.3, -0.25) is 0 Å². The predicted octanol–water partition coefficient (Wildman–Crippen LogP) is 2.28. The molecule has 0 unspecified atom stereocenters.